The van der Waals surface area contributed by atoms with Gasteiger partial charge in [0.05, 0.1) is 52.3 Å². The highest BCUT2D eigenvalue weighted by molar-refractivity contribution is 6.02. The second kappa shape index (κ2) is 22.3. The van der Waals surface area contributed by atoms with Crippen LogP contribution >= 0.6 is 0 Å². The summed E-state index contributed by atoms with van der Waals surface area (Å²) in [6, 6.07) is 12.9. The standard InChI is InChI=1S/C63H71F2N11O9/c1-6-44-47(64)15-12-39-9-7-10-45(52(39)44)54-53(65)55-46(28-66-54)56(73-30-40-13-14-41(31-73)75(40)61(81)85-62(2,3)4)69-58(68-55)84-36-63-22-8-24-74(63)42(19-23-63)35-83-60(80)72-25-20-37(21-26-72)34-82-43-32-71(33-43)29-38-11-16-48-50(27-38)70(5)59(79)76(48)49-17-18-51(77)67-57(49)78/h1,7,9-12,15-16,27-28,37,40-43,49H,8,13-14,17-26,29-36H2,2-5H3,(H,67,77,78)/t40?,41?,42-,49?,63-/m0/s1. The molecule has 22 heteroatoms. The molecular formula is C63H71F2N11O9. The average Bonchev–Trinajstić information content (AvgIpc) is 2.13. The van der Waals surface area contributed by atoms with E-state index in [9.17, 15) is 24.0 Å². The topological polar surface area (TPSA) is 199 Å². The molecule has 7 saturated heterocycles. The lowest BCUT2D eigenvalue weighted by atomic mass is 9.95. The molecule has 3 unspecified atom stereocenters. The van der Waals surface area contributed by atoms with E-state index in [1.807, 2.05) is 43.9 Å². The van der Waals surface area contributed by atoms with E-state index in [0.717, 1.165) is 82.1 Å². The van der Waals surface area contributed by atoms with E-state index in [2.05, 4.69) is 30.9 Å². The average molecular weight is 1160 g/mol. The number of carbonyl (C=O) groups is 4. The zero-order chi connectivity index (χ0) is 59.1. The molecule has 446 valence electrons. The van der Waals surface area contributed by atoms with Crippen LogP contribution in [0.15, 0.2) is 59.5 Å². The van der Waals surface area contributed by atoms with E-state index in [1.165, 1.54) is 10.6 Å². The first kappa shape index (κ1) is 56.4. The Morgan fingerprint density at radius 3 is 2.42 bits per heavy atom. The van der Waals surface area contributed by atoms with Crippen LogP contribution < -0.4 is 20.6 Å². The van der Waals surface area contributed by atoms with E-state index in [0.29, 0.717) is 78.3 Å². The van der Waals surface area contributed by atoms with E-state index in [1.54, 1.807) is 47.0 Å². The number of piperazine rings is 1. The summed E-state index contributed by atoms with van der Waals surface area (Å²) in [5.41, 5.74) is 1.41. The Hall–Kier alpha value is -7.74. The van der Waals surface area contributed by atoms with Gasteiger partial charge >= 0.3 is 23.9 Å². The van der Waals surface area contributed by atoms with E-state index in [-0.39, 0.29) is 102 Å². The van der Waals surface area contributed by atoms with Gasteiger partial charge in [-0.05, 0) is 120 Å². The van der Waals surface area contributed by atoms with Crippen LogP contribution in [0.25, 0.3) is 44.0 Å². The smallest absolute Gasteiger partial charge is 0.410 e. The lowest BCUT2D eigenvalue weighted by Gasteiger charge is -2.42. The fraction of sp³-hybridized carbons (Fsp3) is 0.524. The van der Waals surface area contributed by atoms with E-state index in [4.69, 9.17) is 35.3 Å². The van der Waals surface area contributed by atoms with Crippen molar-refractivity contribution >= 4 is 62.5 Å². The number of aromatic nitrogens is 5. The zero-order valence-electron chi connectivity index (χ0n) is 48.5. The predicted octanol–water partition coefficient (Wildman–Crippen LogP) is 7.45. The number of nitrogens with one attached hydrogen (secondary N) is 1. The van der Waals surface area contributed by atoms with Gasteiger partial charge in [-0.3, -0.25) is 43.7 Å². The molecule has 85 heavy (non-hydrogen) atoms. The van der Waals surface area contributed by atoms with Gasteiger partial charge in [0.25, 0.3) is 0 Å². The number of likely N-dealkylation sites (tertiary alicyclic amines) is 2. The molecule has 4 amide bonds. The highest BCUT2D eigenvalue weighted by atomic mass is 19.1. The summed E-state index contributed by atoms with van der Waals surface area (Å²) < 4.78 is 60.6. The van der Waals surface area contributed by atoms with Crippen LogP contribution in [0.4, 0.5) is 24.2 Å². The normalized spacial score (nSPS) is 24.1. The Labute approximate surface area is 490 Å². The van der Waals surface area contributed by atoms with Crippen LogP contribution in [0.3, 0.4) is 0 Å². The van der Waals surface area contributed by atoms with Crippen molar-refractivity contribution in [3.8, 4) is 29.6 Å². The lowest BCUT2D eigenvalue weighted by molar-refractivity contribution is -0.135. The van der Waals surface area contributed by atoms with Crippen LogP contribution in [0.5, 0.6) is 6.01 Å². The van der Waals surface area contributed by atoms with E-state index < -0.39 is 29.2 Å². The number of hydrogen-bond acceptors (Lipinski definition) is 15. The van der Waals surface area contributed by atoms with Crippen molar-refractivity contribution in [3.05, 3.63) is 88.0 Å². The number of rotatable bonds is 13. The van der Waals surface area contributed by atoms with Gasteiger partial charge in [0.1, 0.15) is 47.7 Å². The van der Waals surface area contributed by atoms with Crippen LogP contribution in [-0.2, 0) is 37.4 Å². The van der Waals surface area contributed by atoms with E-state index >= 15 is 8.78 Å². The van der Waals surface area contributed by atoms with Crippen molar-refractivity contribution in [2.75, 3.05) is 70.5 Å². The minimum Gasteiger partial charge on any atom is -0.461 e. The van der Waals surface area contributed by atoms with Gasteiger partial charge < -0.3 is 28.7 Å². The number of ether oxygens (including phenoxy) is 4. The molecule has 0 radical (unpaired) electrons. The Bertz CT molecular complexity index is 3760. The number of aryl methyl sites for hydroxylation is 1. The van der Waals surface area contributed by atoms with Gasteiger partial charge in [-0.25, -0.2) is 23.2 Å². The molecule has 0 aliphatic carbocycles. The highest BCUT2D eigenvalue weighted by Crippen LogP contribution is 2.44. The number of carbonyl (C=O) groups excluding carboxylic acids is 4. The molecule has 0 saturated carbocycles. The first-order valence-corrected chi connectivity index (χ1v) is 29.9. The Morgan fingerprint density at radius 1 is 0.882 bits per heavy atom. The lowest BCUT2D eigenvalue weighted by Crippen LogP contribution is -2.57. The summed E-state index contributed by atoms with van der Waals surface area (Å²) in [7, 11) is 1.70. The van der Waals surface area contributed by atoms with Crippen molar-refractivity contribution in [2.24, 2.45) is 13.0 Å². The first-order chi connectivity index (χ1) is 40.9. The molecular weight excluding hydrogens is 1090 g/mol. The number of fused-ring (bicyclic) bond motifs is 6. The third kappa shape index (κ3) is 10.6. The first-order valence-electron chi connectivity index (χ1n) is 29.9. The molecule has 10 heterocycles. The summed E-state index contributed by atoms with van der Waals surface area (Å²) in [4.78, 5) is 89.6. The second-order valence-corrected chi connectivity index (χ2v) is 25.3. The SMILES string of the molecule is C#Cc1c(F)ccc2cccc(-c3ncc4c(N5CC6CCC(C5)N6C(=O)OC(C)(C)C)nc(OC[C@@]56CCCN5[C@H](COC(=O)N5CCC(COC7CN(Cc8ccc9c(c8)n(C)c(=O)n9C8CCC(=O)NC8=O)C7)CC5)CC6)nc4c3F)c12. The van der Waals surface area contributed by atoms with Gasteiger partial charge in [0.15, 0.2) is 5.82 Å². The number of benzene rings is 3. The maximum atomic E-state index is 17.5. The summed E-state index contributed by atoms with van der Waals surface area (Å²) in [6.07, 6.45) is 13.9. The maximum Gasteiger partial charge on any atom is 0.410 e. The van der Waals surface area contributed by atoms with Crippen molar-refractivity contribution in [1.82, 2.24) is 49.0 Å². The minimum absolute atomic E-state index is 0.00301. The van der Waals surface area contributed by atoms with Gasteiger partial charge in [-0.2, -0.15) is 9.97 Å². The van der Waals surface area contributed by atoms with Gasteiger partial charge in [0.2, 0.25) is 11.8 Å². The van der Waals surface area contributed by atoms with Crippen molar-refractivity contribution in [3.63, 3.8) is 0 Å². The molecule has 7 aliphatic rings. The number of anilines is 1. The van der Waals surface area contributed by atoms with Crippen molar-refractivity contribution in [2.45, 2.75) is 133 Å². The Kier molecular flexibility index (Phi) is 14.8. The van der Waals surface area contributed by atoms with Gasteiger partial charge in [0, 0.05) is 82.5 Å². The minimum atomic E-state index is -0.730. The Morgan fingerprint density at radius 2 is 1.67 bits per heavy atom. The number of nitrogens with zero attached hydrogens (tertiary/aromatic N) is 10. The van der Waals surface area contributed by atoms with Gasteiger partial charge in [-0.1, -0.05) is 36.3 Å². The van der Waals surface area contributed by atoms with Crippen molar-refractivity contribution < 1.29 is 46.9 Å². The maximum absolute atomic E-state index is 17.5. The molecule has 3 aromatic carbocycles. The largest absolute Gasteiger partial charge is 0.461 e. The quantitative estimate of drug-likeness (QED) is 0.0883. The molecule has 7 fully saturated rings. The third-order valence-electron chi connectivity index (χ3n) is 18.8. The number of imide groups is 1. The van der Waals surface area contributed by atoms with Crippen molar-refractivity contribution in [1.29, 1.82) is 0 Å². The predicted molar refractivity (Wildman–Crippen MR) is 312 cm³/mol. The number of imidazole rings is 1. The molecule has 13 rings (SSSR count). The fourth-order valence-corrected chi connectivity index (χ4v) is 14.4. The number of pyridine rings is 1. The molecule has 7 aliphatic heterocycles. The number of amides is 4. The summed E-state index contributed by atoms with van der Waals surface area (Å²) >= 11 is 0. The monoisotopic (exact) mass is 1160 g/mol. The molecule has 6 aromatic rings. The van der Waals surface area contributed by atoms with Crippen LogP contribution in [0.2, 0.25) is 0 Å². The molecule has 3 aromatic heterocycles. The third-order valence-corrected chi connectivity index (χ3v) is 18.8. The molecule has 5 atom stereocenters. The number of halogens is 2. The fourth-order valence-electron chi connectivity index (χ4n) is 14.4. The highest BCUT2D eigenvalue weighted by Gasteiger charge is 2.51. The number of hydrogen-bond donors (Lipinski definition) is 1. The molecule has 2 bridgehead atoms. The molecule has 0 spiro atoms. The number of terminal acetylenes is 1. The molecule has 20 nitrogen and oxygen atoms in total. The summed E-state index contributed by atoms with van der Waals surface area (Å²) in [6.45, 7) is 11.7. The van der Waals surface area contributed by atoms with Crippen LogP contribution in [0, 0.1) is 29.9 Å². The summed E-state index contributed by atoms with van der Waals surface area (Å²) in [5, 5.41) is 3.73. The second-order valence-electron chi connectivity index (χ2n) is 25.3. The Balaban J connectivity index is 0.626. The zero-order valence-corrected chi connectivity index (χ0v) is 48.5. The van der Waals surface area contributed by atoms with Crippen LogP contribution in [-0.4, -0.2) is 169 Å². The molecule has 1 N–H and O–H groups in total. The summed E-state index contributed by atoms with van der Waals surface area (Å²) in [5.74, 6) is 1.13. The van der Waals surface area contributed by atoms with Crippen LogP contribution in [0.1, 0.15) is 102 Å². The van der Waals surface area contributed by atoms with Gasteiger partial charge in [-0.15, -0.1) is 6.42 Å². The number of piperidine rings is 2.